The van der Waals surface area contributed by atoms with Crippen LogP contribution in [0.4, 0.5) is 26.3 Å². The number of rotatable bonds is 4. The van der Waals surface area contributed by atoms with Gasteiger partial charge in [-0.15, -0.1) is 0 Å². The smallest absolute Gasteiger partial charge is 0.391 e. The van der Waals surface area contributed by atoms with Crippen molar-refractivity contribution >= 4 is 11.9 Å². The Kier molecular flexibility index (Phi) is 8.83. The Labute approximate surface area is 177 Å². The third kappa shape index (κ3) is 8.37. The summed E-state index contributed by atoms with van der Waals surface area (Å²) in [6.07, 6.45) is -8.02. The highest BCUT2D eigenvalue weighted by Crippen LogP contribution is 2.38. The van der Waals surface area contributed by atoms with Gasteiger partial charge in [-0.25, -0.2) is 9.59 Å². The van der Waals surface area contributed by atoms with E-state index in [1.165, 1.54) is 6.92 Å². The Hall–Kier alpha value is -1.74. The summed E-state index contributed by atoms with van der Waals surface area (Å²) in [6, 6.07) is 0. The topological polar surface area (TPSA) is 52.6 Å². The molecule has 0 N–H and O–H groups in total. The highest BCUT2D eigenvalue weighted by atomic mass is 19.4. The number of alkyl halides is 6. The molecule has 0 aromatic carbocycles. The molecular formula is C21H28F6O4. The Morgan fingerprint density at radius 2 is 1.16 bits per heavy atom. The number of ether oxygens (including phenoxy) is 2. The molecule has 2 saturated carbocycles. The predicted octanol–water partition coefficient (Wildman–Crippen LogP) is 6.04. The molecule has 2 aliphatic carbocycles. The zero-order chi connectivity index (χ0) is 23.2. The largest absolute Gasteiger partial charge is 0.459 e. The fourth-order valence-corrected chi connectivity index (χ4v) is 4.12. The van der Waals surface area contributed by atoms with Crippen molar-refractivity contribution in [3.8, 4) is 0 Å². The van der Waals surface area contributed by atoms with Gasteiger partial charge in [-0.1, -0.05) is 12.8 Å². The third-order valence-corrected chi connectivity index (χ3v) is 5.89. The van der Waals surface area contributed by atoms with Gasteiger partial charge in [-0.2, -0.15) is 26.3 Å². The first-order chi connectivity index (χ1) is 14.4. The van der Waals surface area contributed by atoms with Crippen molar-refractivity contribution in [1.82, 2.24) is 0 Å². The Morgan fingerprint density at radius 3 is 1.61 bits per heavy atom. The van der Waals surface area contributed by atoms with E-state index in [1.54, 1.807) is 0 Å². The number of hydrogen-bond donors (Lipinski definition) is 0. The first kappa shape index (κ1) is 25.5. The second-order valence-electron chi connectivity index (χ2n) is 8.43. The molecule has 0 aromatic rings. The minimum atomic E-state index is -4.36. The van der Waals surface area contributed by atoms with Crippen LogP contribution in [0.25, 0.3) is 0 Å². The minimum Gasteiger partial charge on any atom is -0.459 e. The average Bonchev–Trinajstić information content (AvgIpc) is 3.01. The second-order valence-corrected chi connectivity index (χ2v) is 8.43. The highest BCUT2D eigenvalue weighted by Gasteiger charge is 2.43. The van der Waals surface area contributed by atoms with Crippen molar-refractivity contribution in [3.05, 3.63) is 11.6 Å². The summed E-state index contributed by atoms with van der Waals surface area (Å²) in [4.78, 5) is 24.3. The molecule has 4 atom stereocenters. The summed E-state index contributed by atoms with van der Waals surface area (Å²) >= 11 is 0. The lowest BCUT2D eigenvalue weighted by Gasteiger charge is -2.23. The Morgan fingerprint density at radius 1 is 0.742 bits per heavy atom. The summed E-state index contributed by atoms with van der Waals surface area (Å²) in [6.45, 7) is 1.26. The first-order valence-electron chi connectivity index (χ1n) is 10.6. The monoisotopic (exact) mass is 458 g/mol. The van der Waals surface area contributed by atoms with E-state index < -0.39 is 48.3 Å². The molecule has 2 fully saturated rings. The average molecular weight is 458 g/mol. The van der Waals surface area contributed by atoms with Gasteiger partial charge in [-0.3, -0.25) is 0 Å². The van der Waals surface area contributed by atoms with Gasteiger partial charge in [0.1, 0.15) is 12.2 Å². The molecule has 0 amide bonds. The third-order valence-electron chi connectivity index (χ3n) is 5.89. The van der Waals surface area contributed by atoms with Gasteiger partial charge in [-0.05, 0) is 58.3 Å². The SMILES string of the molecule is C/C(=C\C(=O)OC1CCCCC(C(F)(F)F)C1)C(=O)OC1CCCCC(C(F)(F)F)C1. The molecule has 178 valence electrons. The van der Waals surface area contributed by atoms with Gasteiger partial charge in [0.25, 0.3) is 0 Å². The van der Waals surface area contributed by atoms with Crippen molar-refractivity contribution < 1.29 is 45.4 Å². The zero-order valence-corrected chi connectivity index (χ0v) is 17.4. The number of halogens is 6. The van der Waals surface area contributed by atoms with Gasteiger partial charge >= 0.3 is 24.3 Å². The summed E-state index contributed by atoms with van der Waals surface area (Å²) in [7, 11) is 0. The van der Waals surface area contributed by atoms with Crippen molar-refractivity contribution in [2.45, 2.75) is 95.7 Å². The van der Waals surface area contributed by atoms with Crippen LogP contribution in [0.3, 0.4) is 0 Å². The van der Waals surface area contributed by atoms with Crippen LogP contribution in [0.5, 0.6) is 0 Å². The second kappa shape index (κ2) is 10.7. The van der Waals surface area contributed by atoms with E-state index in [2.05, 4.69) is 0 Å². The fraction of sp³-hybridized carbons (Fsp3) is 0.810. The van der Waals surface area contributed by atoms with Gasteiger partial charge in [0.2, 0.25) is 0 Å². The van der Waals surface area contributed by atoms with E-state index in [4.69, 9.17) is 9.47 Å². The van der Waals surface area contributed by atoms with Crippen LogP contribution in [-0.2, 0) is 19.1 Å². The van der Waals surface area contributed by atoms with E-state index in [0.29, 0.717) is 38.5 Å². The minimum absolute atomic E-state index is 0.0148. The summed E-state index contributed by atoms with van der Waals surface area (Å²) in [5, 5.41) is 0. The molecule has 10 heteroatoms. The number of carbonyl (C=O) groups is 2. The molecule has 0 spiro atoms. The van der Waals surface area contributed by atoms with E-state index >= 15 is 0 Å². The fourth-order valence-electron chi connectivity index (χ4n) is 4.12. The molecule has 4 unspecified atom stereocenters. The standard InChI is InChI=1S/C21H28F6O4/c1-13(19(29)31-17-9-5-3-7-15(12-17)21(25,26)27)10-18(28)30-16-8-4-2-6-14(11-16)20(22,23)24/h10,14-17H,2-9,11-12H2,1H3/b13-10+. The van der Waals surface area contributed by atoms with Gasteiger partial charge in [0.05, 0.1) is 11.8 Å². The van der Waals surface area contributed by atoms with Crippen LogP contribution in [0.15, 0.2) is 11.6 Å². The van der Waals surface area contributed by atoms with Crippen LogP contribution < -0.4 is 0 Å². The molecule has 0 saturated heterocycles. The van der Waals surface area contributed by atoms with Crippen molar-refractivity contribution in [2.75, 3.05) is 0 Å². The summed E-state index contributed by atoms with van der Waals surface area (Å²) in [5.41, 5.74) is -0.168. The lowest BCUT2D eigenvalue weighted by molar-refractivity contribution is -0.185. The molecule has 0 heterocycles. The maximum absolute atomic E-state index is 13.0. The molecular weight excluding hydrogens is 430 g/mol. The van der Waals surface area contributed by atoms with Crippen LogP contribution in [0.2, 0.25) is 0 Å². The van der Waals surface area contributed by atoms with Crippen LogP contribution in [0, 0.1) is 11.8 Å². The zero-order valence-electron chi connectivity index (χ0n) is 17.4. The van der Waals surface area contributed by atoms with Crippen molar-refractivity contribution in [2.24, 2.45) is 11.8 Å². The maximum atomic E-state index is 13.0. The van der Waals surface area contributed by atoms with Crippen molar-refractivity contribution in [3.63, 3.8) is 0 Å². The lowest BCUT2D eigenvalue weighted by Crippen LogP contribution is -2.29. The molecule has 0 bridgehead atoms. The maximum Gasteiger partial charge on any atom is 0.391 e. The molecule has 2 rings (SSSR count). The van der Waals surface area contributed by atoms with E-state index in [-0.39, 0.29) is 31.3 Å². The quantitative estimate of drug-likeness (QED) is 0.223. The number of esters is 2. The van der Waals surface area contributed by atoms with Crippen molar-refractivity contribution in [1.29, 1.82) is 0 Å². The van der Waals surface area contributed by atoms with Gasteiger partial charge in [0, 0.05) is 11.6 Å². The molecule has 0 aliphatic heterocycles. The Bertz CT molecular complexity index is 655. The van der Waals surface area contributed by atoms with Gasteiger partial charge in [0.15, 0.2) is 0 Å². The predicted molar refractivity (Wildman–Crippen MR) is 98.8 cm³/mol. The van der Waals surface area contributed by atoms with E-state index in [1.807, 2.05) is 0 Å². The number of carbonyl (C=O) groups excluding carboxylic acids is 2. The molecule has 4 nitrogen and oxygen atoms in total. The van der Waals surface area contributed by atoms with Gasteiger partial charge < -0.3 is 9.47 Å². The number of hydrogen-bond acceptors (Lipinski definition) is 4. The van der Waals surface area contributed by atoms with Crippen LogP contribution in [0.1, 0.15) is 71.1 Å². The van der Waals surface area contributed by atoms with E-state index in [9.17, 15) is 35.9 Å². The van der Waals surface area contributed by atoms with Crippen LogP contribution in [-0.4, -0.2) is 36.5 Å². The summed E-state index contributed by atoms with van der Waals surface area (Å²) in [5.74, 6) is -4.98. The summed E-state index contributed by atoms with van der Waals surface area (Å²) < 4.78 is 88.4. The molecule has 2 aliphatic rings. The Balaban J connectivity index is 1.92. The normalized spacial score (nSPS) is 28.9. The van der Waals surface area contributed by atoms with Crippen LogP contribution >= 0.6 is 0 Å². The van der Waals surface area contributed by atoms with E-state index in [0.717, 1.165) is 6.08 Å². The molecule has 0 radical (unpaired) electrons. The lowest BCUT2D eigenvalue weighted by atomic mass is 9.99. The first-order valence-corrected chi connectivity index (χ1v) is 10.6. The molecule has 31 heavy (non-hydrogen) atoms. The molecule has 0 aromatic heterocycles. The highest BCUT2D eigenvalue weighted by molar-refractivity contribution is 5.96.